The number of amides is 2. The molecule has 1 fully saturated rings. The van der Waals surface area contributed by atoms with Gasteiger partial charge in [-0.1, -0.05) is 30.3 Å². The Labute approximate surface area is 176 Å². The molecule has 1 aliphatic heterocycles. The molecule has 1 aliphatic rings. The third-order valence-corrected chi connectivity index (χ3v) is 4.97. The molecule has 30 heavy (non-hydrogen) atoms. The zero-order valence-corrected chi connectivity index (χ0v) is 17.1. The maximum absolute atomic E-state index is 12.7. The van der Waals surface area contributed by atoms with E-state index in [1.54, 1.807) is 43.3 Å². The van der Waals surface area contributed by atoms with Gasteiger partial charge in [-0.3, -0.25) is 19.3 Å². The van der Waals surface area contributed by atoms with Crippen LogP contribution in [0.5, 0.6) is 0 Å². The van der Waals surface area contributed by atoms with E-state index in [-0.39, 0.29) is 30.2 Å². The van der Waals surface area contributed by atoms with Crippen LogP contribution in [-0.2, 0) is 14.3 Å². The van der Waals surface area contributed by atoms with Crippen LogP contribution in [0.2, 0.25) is 0 Å². The topological polar surface area (TPSA) is 87.7 Å². The average Bonchev–Trinajstić information content (AvgIpc) is 2.75. The van der Waals surface area contributed by atoms with Gasteiger partial charge in [-0.05, 0) is 50.6 Å². The number of carbonyl (C=O) groups excluding carboxylic acids is 3. The number of ether oxygens (including phenoxy) is 1. The molecule has 1 unspecified atom stereocenters. The molecule has 0 aromatic heterocycles. The van der Waals surface area contributed by atoms with Crippen molar-refractivity contribution in [3.63, 3.8) is 0 Å². The maximum Gasteiger partial charge on any atom is 0.310 e. The second-order valence-electron chi connectivity index (χ2n) is 7.24. The standard InChI is InChI=1S/C23H27N3O4/c1-2-30-23(29)17-9-8-14-26(15-17)16-21(27)25-20-13-7-6-12-19(20)22(28)24-18-10-4-3-5-11-18/h3-7,10-13,17H,2,8-9,14-16H2,1H3,(H,24,28)(H,25,27). The second-order valence-corrected chi connectivity index (χ2v) is 7.24. The SMILES string of the molecule is CCOC(=O)C1CCCN(CC(=O)Nc2ccccc2C(=O)Nc2ccccc2)C1. The molecule has 2 aromatic rings. The van der Waals surface area contributed by atoms with Crippen LogP contribution in [0.15, 0.2) is 54.6 Å². The third kappa shape index (κ3) is 5.90. The number of para-hydroxylation sites is 2. The van der Waals surface area contributed by atoms with Gasteiger partial charge >= 0.3 is 5.97 Å². The van der Waals surface area contributed by atoms with E-state index in [0.29, 0.717) is 30.1 Å². The number of hydrogen-bond acceptors (Lipinski definition) is 5. The fraction of sp³-hybridized carbons (Fsp3) is 0.348. The lowest BCUT2D eigenvalue weighted by Crippen LogP contribution is -2.43. The number of hydrogen-bond donors (Lipinski definition) is 2. The molecule has 0 aliphatic carbocycles. The van der Waals surface area contributed by atoms with Crippen molar-refractivity contribution in [2.45, 2.75) is 19.8 Å². The van der Waals surface area contributed by atoms with Gasteiger partial charge in [0.05, 0.1) is 30.3 Å². The van der Waals surface area contributed by atoms with Crippen LogP contribution in [-0.4, -0.2) is 48.9 Å². The fourth-order valence-corrected chi connectivity index (χ4v) is 3.55. The Hall–Kier alpha value is -3.19. The minimum Gasteiger partial charge on any atom is -0.466 e. The molecule has 2 aromatic carbocycles. The summed E-state index contributed by atoms with van der Waals surface area (Å²) in [6.45, 7) is 3.56. The first-order chi connectivity index (χ1) is 14.6. The molecule has 3 rings (SSSR count). The minimum atomic E-state index is -0.294. The summed E-state index contributed by atoms with van der Waals surface area (Å²) < 4.78 is 5.11. The van der Waals surface area contributed by atoms with Gasteiger partial charge in [-0.25, -0.2) is 0 Å². The van der Waals surface area contributed by atoms with Gasteiger partial charge in [0.15, 0.2) is 0 Å². The average molecular weight is 409 g/mol. The van der Waals surface area contributed by atoms with Crippen LogP contribution in [0.1, 0.15) is 30.1 Å². The molecule has 0 spiro atoms. The predicted molar refractivity (Wildman–Crippen MR) is 115 cm³/mol. The molecule has 2 amide bonds. The van der Waals surface area contributed by atoms with Crippen molar-refractivity contribution in [3.8, 4) is 0 Å². The minimum absolute atomic E-state index is 0.157. The first-order valence-electron chi connectivity index (χ1n) is 10.2. The van der Waals surface area contributed by atoms with Gasteiger partial charge in [0, 0.05) is 12.2 Å². The van der Waals surface area contributed by atoms with E-state index in [0.717, 1.165) is 19.4 Å². The van der Waals surface area contributed by atoms with Gasteiger partial charge in [0.2, 0.25) is 5.91 Å². The van der Waals surface area contributed by atoms with Crippen LogP contribution in [0.25, 0.3) is 0 Å². The zero-order chi connectivity index (χ0) is 21.3. The Morgan fingerprint density at radius 2 is 1.77 bits per heavy atom. The van der Waals surface area contributed by atoms with Gasteiger partial charge < -0.3 is 15.4 Å². The van der Waals surface area contributed by atoms with E-state index in [2.05, 4.69) is 10.6 Å². The predicted octanol–water partition coefficient (Wildman–Crippen LogP) is 3.15. The molecular weight excluding hydrogens is 382 g/mol. The van der Waals surface area contributed by atoms with Crippen LogP contribution in [0.3, 0.4) is 0 Å². The van der Waals surface area contributed by atoms with Crippen LogP contribution in [0, 0.1) is 5.92 Å². The van der Waals surface area contributed by atoms with Crippen molar-refractivity contribution < 1.29 is 19.1 Å². The van der Waals surface area contributed by atoms with Crippen molar-refractivity contribution >= 4 is 29.2 Å². The number of benzene rings is 2. The number of nitrogens with one attached hydrogen (secondary N) is 2. The maximum atomic E-state index is 12.7. The number of piperidine rings is 1. The monoisotopic (exact) mass is 409 g/mol. The smallest absolute Gasteiger partial charge is 0.310 e. The normalized spacial score (nSPS) is 16.5. The number of rotatable bonds is 7. The number of likely N-dealkylation sites (tertiary alicyclic amines) is 1. The summed E-state index contributed by atoms with van der Waals surface area (Å²) in [7, 11) is 0. The van der Waals surface area contributed by atoms with Gasteiger partial charge in [0.1, 0.15) is 0 Å². The Morgan fingerprint density at radius 1 is 1.03 bits per heavy atom. The molecule has 1 heterocycles. The molecular formula is C23H27N3O4. The molecule has 2 N–H and O–H groups in total. The van der Waals surface area contributed by atoms with E-state index < -0.39 is 0 Å². The molecule has 7 heteroatoms. The number of carbonyl (C=O) groups is 3. The Kier molecular flexibility index (Phi) is 7.57. The molecule has 158 valence electrons. The number of nitrogens with zero attached hydrogens (tertiary/aromatic N) is 1. The van der Waals surface area contributed by atoms with Crippen LogP contribution >= 0.6 is 0 Å². The third-order valence-electron chi connectivity index (χ3n) is 4.97. The highest BCUT2D eigenvalue weighted by Crippen LogP contribution is 2.20. The van der Waals surface area contributed by atoms with E-state index >= 15 is 0 Å². The largest absolute Gasteiger partial charge is 0.466 e. The van der Waals surface area contributed by atoms with Crippen molar-refractivity contribution in [3.05, 3.63) is 60.2 Å². The molecule has 1 atom stereocenters. The van der Waals surface area contributed by atoms with E-state index in [9.17, 15) is 14.4 Å². The Bertz CT molecular complexity index is 885. The molecule has 7 nitrogen and oxygen atoms in total. The highest BCUT2D eigenvalue weighted by atomic mass is 16.5. The summed E-state index contributed by atoms with van der Waals surface area (Å²) in [4.78, 5) is 39.2. The first-order valence-corrected chi connectivity index (χ1v) is 10.2. The molecule has 0 saturated carbocycles. The van der Waals surface area contributed by atoms with Crippen molar-refractivity contribution in [1.82, 2.24) is 4.90 Å². The lowest BCUT2D eigenvalue weighted by atomic mass is 9.98. The highest BCUT2D eigenvalue weighted by molar-refractivity contribution is 6.10. The van der Waals surface area contributed by atoms with Crippen molar-refractivity contribution in [2.24, 2.45) is 5.92 Å². The second kappa shape index (κ2) is 10.5. The van der Waals surface area contributed by atoms with Crippen molar-refractivity contribution in [2.75, 3.05) is 36.9 Å². The van der Waals surface area contributed by atoms with Gasteiger partial charge in [0.25, 0.3) is 5.91 Å². The Morgan fingerprint density at radius 3 is 2.53 bits per heavy atom. The van der Waals surface area contributed by atoms with E-state index in [4.69, 9.17) is 4.74 Å². The van der Waals surface area contributed by atoms with Gasteiger partial charge in [-0.2, -0.15) is 0 Å². The zero-order valence-electron chi connectivity index (χ0n) is 17.1. The summed E-state index contributed by atoms with van der Waals surface area (Å²) >= 11 is 0. The Balaban J connectivity index is 1.60. The molecule has 1 saturated heterocycles. The lowest BCUT2D eigenvalue weighted by molar-refractivity contribution is -0.150. The summed E-state index contributed by atoms with van der Waals surface area (Å²) in [6, 6.07) is 16.1. The highest BCUT2D eigenvalue weighted by Gasteiger charge is 2.28. The quantitative estimate of drug-likeness (QED) is 0.686. The fourth-order valence-electron chi connectivity index (χ4n) is 3.55. The number of anilines is 2. The molecule has 0 radical (unpaired) electrons. The van der Waals surface area contributed by atoms with Crippen LogP contribution < -0.4 is 10.6 Å². The van der Waals surface area contributed by atoms with E-state index in [1.807, 2.05) is 23.1 Å². The van der Waals surface area contributed by atoms with E-state index in [1.165, 1.54) is 0 Å². The van der Waals surface area contributed by atoms with Crippen LogP contribution in [0.4, 0.5) is 11.4 Å². The summed E-state index contributed by atoms with van der Waals surface area (Å²) in [5.74, 6) is -0.919. The molecule has 0 bridgehead atoms. The number of esters is 1. The lowest BCUT2D eigenvalue weighted by Gasteiger charge is -2.30. The summed E-state index contributed by atoms with van der Waals surface area (Å²) in [6.07, 6.45) is 1.62. The first kappa shape index (κ1) is 21.5. The summed E-state index contributed by atoms with van der Waals surface area (Å²) in [5, 5.41) is 5.67. The summed E-state index contributed by atoms with van der Waals surface area (Å²) in [5.41, 5.74) is 1.52. The van der Waals surface area contributed by atoms with Crippen molar-refractivity contribution in [1.29, 1.82) is 0 Å². The van der Waals surface area contributed by atoms with Gasteiger partial charge in [-0.15, -0.1) is 0 Å².